The molecule has 1 unspecified atom stereocenters. The zero-order valence-electron chi connectivity index (χ0n) is 11.5. The number of ether oxygens (including phenoxy) is 2. The summed E-state index contributed by atoms with van der Waals surface area (Å²) in [7, 11) is 0. The molecule has 1 aromatic rings. The first-order chi connectivity index (χ1) is 9.22. The van der Waals surface area contributed by atoms with Gasteiger partial charge in [0.15, 0.2) is 5.78 Å². The van der Waals surface area contributed by atoms with Crippen LogP contribution in [0.15, 0.2) is 28.7 Å². The van der Waals surface area contributed by atoms with Gasteiger partial charge in [-0.05, 0) is 54.0 Å². The predicted molar refractivity (Wildman–Crippen MR) is 82.9 cm³/mol. The van der Waals surface area contributed by atoms with E-state index in [0.717, 1.165) is 4.47 Å². The van der Waals surface area contributed by atoms with Crippen molar-refractivity contribution in [2.24, 2.45) is 5.41 Å². The number of carbonyl (C=O) groups excluding carboxylic acids is 2. The van der Waals surface area contributed by atoms with Gasteiger partial charge in [-0.1, -0.05) is 15.9 Å². The maximum absolute atomic E-state index is 12.3. The number of carbonyl (C=O) groups is 2. The molecule has 1 rings (SSSR count). The van der Waals surface area contributed by atoms with Gasteiger partial charge in [0, 0.05) is 11.4 Å². The molecule has 4 nitrogen and oxygen atoms in total. The van der Waals surface area contributed by atoms with Crippen LogP contribution in [0.3, 0.4) is 0 Å². The van der Waals surface area contributed by atoms with E-state index in [0.29, 0.717) is 5.75 Å². The van der Waals surface area contributed by atoms with E-state index in [9.17, 15) is 9.59 Å². The van der Waals surface area contributed by atoms with Crippen molar-refractivity contribution < 1.29 is 19.1 Å². The molecule has 1 aromatic carbocycles. The van der Waals surface area contributed by atoms with Gasteiger partial charge in [-0.2, -0.15) is 0 Å². The number of alkyl halides is 1. The summed E-state index contributed by atoms with van der Waals surface area (Å²) in [5, 5.41) is -0.797. The standard InChI is InChI=1S/C14H16Br2O4/c1-9(17)19-8-14(2,3)12(18)13(16)20-11-6-4-10(15)5-7-11/h4-7,13H,8H2,1-3H3. The summed E-state index contributed by atoms with van der Waals surface area (Å²) in [5.41, 5.74) is -0.824. The second-order valence-electron chi connectivity index (χ2n) is 4.92. The van der Waals surface area contributed by atoms with Gasteiger partial charge in [0.1, 0.15) is 12.4 Å². The molecule has 0 spiro atoms. The number of Topliss-reactive ketones (excluding diaryl/α,β-unsaturated/α-hetero) is 1. The smallest absolute Gasteiger partial charge is 0.302 e. The lowest BCUT2D eigenvalue weighted by Gasteiger charge is -2.25. The second-order valence-corrected chi connectivity index (χ2v) is 6.66. The van der Waals surface area contributed by atoms with Crippen LogP contribution >= 0.6 is 31.9 Å². The Kier molecular flexibility index (Phi) is 6.20. The maximum Gasteiger partial charge on any atom is 0.302 e. The molecule has 0 amide bonds. The first kappa shape index (κ1) is 17.2. The number of benzene rings is 1. The normalized spacial score (nSPS) is 12.7. The van der Waals surface area contributed by atoms with E-state index in [1.165, 1.54) is 6.92 Å². The largest absolute Gasteiger partial charge is 0.471 e. The molecule has 1 atom stereocenters. The molecule has 0 saturated carbocycles. The van der Waals surface area contributed by atoms with Crippen LogP contribution in [0.1, 0.15) is 20.8 Å². The van der Waals surface area contributed by atoms with Crippen LogP contribution < -0.4 is 4.74 Å². The summed E-state index contributed by atoms with van der Waals surface area (Å²) >= 11 is 6.54. The van der Waals surface area contributed by atoms with Crippen molar-refractivity contribution in [2.75, 3.05) is 6.61 Å². The van der Waals surface area contributed by atoms with Crippen LogP contribution in [-0.2, 0) is 14.3 Å². The van der Waals surface area contributed by atoms with Crippen molar-refractivity contribution in [2.45, 2.75) is 25.8 Å². The number of ketones is 1. The highest BCUT2D eigenvalue weighted by Crippen LogP contribution is 2.25. The van der Waals surface area contributed by atoms with E-state index < -0.39 is 16.4 Å². The average molecular weight is 408 g/mol. The monoisotopic (exact) mass is 406 g/mol. The highest BCUT2D eigenvalue weighted by atomic mass is 79.9. The van der Waals surface area contributed by atoms with Crippen molar-refractivity contribution in [3.63, 3.8) is 0 Å². The molecule has 110 valence electrons. The Bertz CT molecular complexity index is 482. The molecule has 0 aliphatic heterocycles. The molecule has 0 aliphatic carbocycles. The quantitative estimate of drug-likeness (QED) is 0.532. The Balaban J connectivity index is 2.65. The highest BCUT2D eigenvalue weighted by molar-refractivity contribution is 9.10. The molecule has 0 N–H and O–H groups in total. The fourth-order valence-electron chi connectivity index (χ4n) is 1.35. The highest BCUT2D eigenvalue weighted by Gasteiger charge is 2.35. The Morgan fingerprint density at radius 1 is 1.25 bits per heavy atom. The van der Waals surface area contributed by atoms with Gasteiger partial charge in [0.05, 0.1) is 5.41 Å². The van der Waals surface area contributed by atoms with Crippen molar-refractivity contribution in [3.05, 3.63) is 28.7 Å². The van der Waals surface area contributed by atoms with Gasteiger partial charge in [-0.25, -0.2) is 0 Å². The molecule has 0 fully saturated rings. The maximum atomic E-state index is 12.3. The lowest BCUT2D eigenvalue weighted by atomic mass is 9.89. The van der Waals surface area contributed by atoms with E-state index in [1.807, 2.05) is 12.1 Å². The summed E-state index contributed by atoms with van der Waals surface area (Å²) < 4.78 is 11.4. The Labute approximate surface area is 135 Å². The SMILES string of the molecule is CC(=O)OCC(C)(C)C(=O)C(Br)Oc1ccc(Br)cc1. The summed E-state index contributed by atoms with van der Waals surface area (Å²) in [4.78, 5) is 23.1. The van der Waals surface area contributed by atoms with Crippen LogP contribution in [-0.4, -0.2) is 23.4 Å². The van der Waals surface area contributed by atoms with Gasteiger partial charge < -0.3 is 9.47 Å². The van der Waals surface area contributed by atoms with Gasteiger partial charge in [-0.3, -0.25) is 9.59 Å². The molecule has 6 heteroatoms. The average Bonchev–Trinajstić information content (AvgIpc) is 2.38. The fourth-order valence-corrected chi connectivity index (χ4v) is 2.45. The first-order valence-corrected chi connectivity index (χ1v) is 7.67. The Morgan fingerprint density at radius 3 is 2.30 bits per heavy atom. The van der Waals surface area contributed by atoms with Crippen molar-refractivity contribution >= 4 is 43.6 Å². The third-order valence-electron chi connectivity index (χ3n) is 2.56. The minimum atomic E-state index is -0.824. The second kappa shape index (κ2) is 7.22. The molecule has 0 aliphatic rings. The Morgan fingerprint density at radius 2 is 1.80 bits per heavy atom. The number of hydrogen-bond acceptors (Lipinski definition) is 4. The molecule has 0 saturated heterocycles. The molecule has 0 heterocycles. The molecule has 20 heavy (non-hydrogen) atoms. The fraction of sp³-hybridized carbons (Fsp3) is 0.429. The molecule has 0 aromatic heterocycles. The van der Waals surface area contributed by atoms with Crippen molar-refractivity contribution in [3.8, 4) is 5.75 Å². The van der Waals surface area contributed by atoms with Crippen LogP contribution in [0.2, 0.25) is 0 Å². The lowest BCUT2D eigenvalue weighted by Crippen LogP contribution is -2.38. The summed E-state index contributed by atoms with van der Waals surface area (Å²) in [6, 6.07) is 7.16. The molecular weight excluding hydrogens is 392 g/mol. The van der Waals surface area contributed by atoms with E-state index in [-0.39, 0.29) is 12.4 Å². The van der Waals surface area contributed by atoms with E-state index in [4.69, 9.17) is 9.47 Å². The third-order valence-corrected chi connectivity index (χ3v) is 3.69. The van der Waals surface area contributed by atoms with Gasteiger partial charge in [-0.15, -0.1) is 0 Å². The van der Waals surface area contributed by atoms with Crippen molar-refractivity contribution in [1.82, 2.24) is 0 Å². The molecular formula is C14H16Br2O4. The number of halogens is 2. The van der Waals surface area contributed by atoms with Crippen LogP contribution in [0.25, 0.3) is 0 Å². The minimum absolute atomic E-state index is 0.0208. The van der Waals surface area contributed by atoms with Gasteiger partial charge in [0.25, 0.3) is 0 Å². The Hall–Kier alpha value is -0.880. The molecule has 0 bridgehead atoms. The predicted octanol–water partition coefficient (Wildman–Crippen LogP) is 3.71. The topological polar surface area (TPSA) is 52.6 Å². The zero-order chi connectivity index (χ0) is 15.3. The van der Waals surface area contributed by atoms with Crippen molar-refractivity contribution in [1.29, 1.82) is 0 Å². The van der Waals surface area contributed by atoms with Crippen LogP contribution in [0, 0.1) is 5.41 Å². The van der Waals surface area contributed by atoms with Gasteiger partial charge >= 0.3 is 5.97 Å². The van der Waals surface area contributed by atoms with E-state index in [1.54, 1.807) is 26.0 Å². The number of esters is 1. The summed E-state index contributed by atoms with van der Waals surface area (Å²) in [6.45, 7) is 4.74. The number of rotatable bonds is 6. The number of hydrogen-bond donors (Lipinski definition) is 0. The first-order valence-electron chi connectivity index (χ1n) is 5.96. The summed E-state index contributed by atoms with van der Waals surface area (Å²) in [5.74, 6) is -0.0285. The zero-order valence-corrected chi connectivity index (χ0v) is 14.7. The van der Waals surface area contributed by atoms with E-state index >= 15 is 0 Å². The summed E-state index contributed by atoms with van der Waals surface area (Å²) in [6.07, 6.45) is 0. The third kappa shape index (κ3) is 5.25. The lowest BCUT2D eigenvalue weighted by molar-refractivity contribution is -0.147. The van der Waals surface area contributed by atoms with Crippen LogP contribution in [0.4, 0.5) is 0 Å². The molecule has 0 radical (unpaired) electrons. The minimum Gasteiger partial charge on any atom is -0.471 e. The van der Waals surface area contributed by atoms with E-state index in [2.05, 4.69) is 31.9 Å². The van der Waals surface area contributed by atoms with Crippen LogP contribution in [0.5, 0.6) is 5.75 Å². The van der Waals surface area contributed by atoms with Gasteiger partial charge in [0.2, 0.25) is 5.01 Å².